The van der Waals surface area contributed by atoms with Crippen LogP contribution in [0.25, 0.3) is 22.4 Å². The van der Waals surface area contributed by atoms with Gasteiger partial charge in [-0.1, -0.05) is 6.07 Å². The Bertz CT molecular complexity index is 1300. The summed E-state index contributed by atoms with van der Waals surface area (Å²) in [6, 6.07) is 12.0. The number of fused-ring (bicyclic) bond motifs is 2. The second-order valence-electron chi connectivity index (χ2n) is 7.54. The van der Waals surface area contributed by atoms with Crippen LogP contribution in [0.1, 0.15) is 5.56 Å². The van der Waals surface area contributed by atoms with Crippen molar-refractivity contribution in [3.63, 3.8) is 0 Å². The van der Waals surface area contributed by atoms with Gasteiger partial charge in [0, 0.05) is 0 Å². The van der Waals surface area contributed by atoms with Crippen molar-refractivity contribution >= 4 is 22.5 Å². The van der Waals surface area contributed by atoms with E-state index in [4.69, 9.17) is 9.47 Å². The number of benzene rings is 2. The van der Waals surface area contributed by atoms with Gasteiger partial charge in [-0.05, 0) is 42.5 Å². The van der Waals surface area contributed by atoms with Gasteiger partial charge >= 0.3 is 6.18 Å². The second kappa shape index (κ2) is 7.96. The zero-order valence-electron chi connectivity index (χ0n) is 17.4. The Morgan fingerprint density at radius 3 is 2.76 bits per heavy atom. The van der Waals surface area contributed by atoms with Gasteiger partial charge in [-0.3, -0.25) is 0 Å². The number of aromatic amines is 1. The Morgan fingerprint density at radius 2 is 2.06 bits per heavy atom. The minimum Gasteiger partial charge on any atom is -0.495 e. The molecule has 170 valence electrons. The Balaban J connectivity index is 1.60. The molecule has 33 heavy (non-hydrogen) atoms. The fraction of sp³-hybridized carbons (Fsp3) is 0.217. The molecule has 0 fully saturated rings. The molecule has 0 saturated heterocycles. The SMILES string of the molecule is COc1ccc(N2c3cccc(-c4nc5ccc(C(F)(F)F)cc5[nH]4)c3OCC2CO)nc1. The first-order valence-corrected chi connectivity index (χ1v) is 10.1. The van der Waals surface area contributed by atoms with Gasteiger partial charge in [0.05, 0.1) is 53.8 Å². The third-order valence-electron chi connectivity index (χ3n) is 5.52. The van der Waals surface area contributed by atoms with E-state index in [2.05, 4.69) is 15.0 Å². The zero-order chi connectivity index (χ0) is 23.2. The lowest BCUT2D eigenvalue weighted by Gasteiger charge is -2.37. The van der Waals surface area contributed by atoms with Gasteiger partial charge in [0.2, 0.25) is 0 Å². The molecule has 0 bridgehead atoms. The number of hydrogen-bond donors (Lipinski definition) is 2. The Labute approximate surface area is 186 Å². The molecule has 0 saturated carbocycles. The summed E-state index contributed by atoms with van der Waals surface area (Å²) in [5.41, 5.74) is 1.18. The van der Waals surface area contributed by atoms with Crippen molar-refractivity contribution < 1.29 is 27.8 Å². The van der Waals surface area contributed by atoms with Crippen LogP contribution in [0, 0.1) is 0 Å². The molecule has 1 aliphatic heterocycles. The van der Waals surface area contributed by atoms with Crippen LogP contribution in [0.3, 0.4) is 0 Å². The average Bonchev–Trinajstić information content (AvgIpc) is 3.25. The smallest absolute Gasteiger partial charge is 0.416 e. The third-order valence-corrected chi connectivity index (χ3v) is 5.52. The number of methoxy groups -OCH3 is 1. The number of rotatable bonds is 4. The lowest BCUT2D eigenvalue weighted by atomic mass is 10.1. The monoisotopic (exact) mass is 456 g/mol. The number of nitrogens with one attached hydrogen (secondary N) is 1. The van der Waals surface area contributed by atoms with Crippen LogP contribution in [-0.4, -0.2) is 46.4 Å². The molecule has 10 heteroatoms. The number of anilines is 2. The summed E-state index contributed by atoms with van der Waals surface area (Å²) in [6.45, 7) is 0.0227. The number of ether oxygens (including phenoxy) is 2. The van der Waals surface area contributed by atoms with Gasteiger partial charge in [0.15, 0.2) is 5.75 Å². The van der Waals surface area contributed by atoms with Gasteiger partial charge in [0.25, 0.3) is 0 Å². The van der Waals surface area contributed by atoms with E-state index in [1.165, 1.54) is 6.07 Å². The number of aliphatic hydroxyl groups is 1. The molecule has 4 aromatic rings. The molecule has 1 atom stereocenters. The highest BCUT2D eigenvalue weighted by Gasteiger charge is 2.33. The van der Waals surface area contributed by atoms with E-state index < -0.39 is 11.7 Å². The first kappa shape index (κ1) is 21.1. The maximum Gasteiger partial charge on any atom is 0.416 e. The van der Waals surface area contributed by atoms with E-state index in [0.717, 1.165) is 12.1 Å². The highest BCUT2D eigenvalue weighted by Crippen LogP contribution is 2.44. The summed E-state index contributed by atoms with van der Waals surface area (Å²) in [5, 5.41) is 9.94. The number of aromatic nitrogens is 3. The van der Waals surface area contributed by atoms with Crippen LogP contribution in [-0.2, 0) is 6.18 Å². The lowest BCUT2D eigenvalue weighted by molar-refractivity contribution is -0.137. The highest BCUT2D eigenvalue weighted by molar-refractivity contribution is 5.85. The fourth-order valence-electron chi connectivity index (χ4n) is 3.90. The molecule has 0 spiro atoms. The van der Waals surface area contributed by atoms with Crippen molar-refractivity contribution in [3.8, 4) is 22.9 Å². The molecule has 0 radical (unpaired) electrons. The van der Waals surface area contributed by atoms with Gasteiger partial charge < -0.3 is 24.5 Å². The predicted octanol–water partition coefficient (Wildman–Crippen LogP) is 4.54. The van der Waals surface area contributed by atoms with E-state index in [1.807, 2.05) is 11.0 Å². The van der Waals surface area contributed by atoms with Crippen molar-refractivity contribution in [1.82, 2.24) is 15.0 Å². The number of hydrogen-bond acceptors (Lipinski definition) is 6. The van der Waals surface area contributed by atoms with Crippen molar-refractivity contribution in [2.75, 3.05) is 25.2 Å². The number of aliphatic hydroxyl groups excluding tert-OH is 1. The number of pyridine rings is 1. The zero-order valence-corrected chi connectivity index (χ0v) is 17.4. The summed E-state index contributed by atoms with van der Waals surface area (Å²) in [4.78, 5) is 13.8. The molecule has 5 rings (SSSR count). The summed E-state index contributed by atoms with van der Waals surface area (Å²) in [7, 11) is 1.55. The highest BCUT2D eigenvalue weighted by atomic mass is 19.4. The topological polar surface area (TPSA) is 83.5 Å². The summed E-state index contributed by atoms with van der Waals surface area (Å²) in [6.07, 6.45) is -2.86. The van der Waals surface area contributed by atoms with Crippen LogP contribution >= 0.6 is 0 Å². The van der Waals surface area contributed by atoms with Crippen LogP contribution in [0.2, 0.25) is 0 Å². The molecular formula is C23H19F3N4O3. The number of nitrogens with zero attached hydrogens (tertiary/aromatic N) is 3. The van der Waals surface area contributed by atoms with E-state index >= 15 is 0 Å². The molecule has 3 heterocycles. The minimum atomic E-state index is -4.44. The molecule has 2 N–H and O–H groups in total. The normalized spacial score (nSPS) is 15.9. The molecule has 1 aliphatic rings. The number of para-hydroxylation sites is 1. The standard InChI is InChI=1S/C23H19F3N4O3/c1-32-15-6-8-20(27-10-15)30-14(11-31)12-33-21-16(3-2-4-19(21)30)22-28-17-7-5-13(23(24,25)26)9-18(17)29-22/h2-10,14,31H,11-12H2,1H3,(H,28,29). The molecule has 7 nitrogen and oxygen atoms in total. The number of halogens is 3. The van der Waals surface area contributed by atoms with Crippen molar-refractivity contribution in [1.29, 1.82) is 0 Å². The second-order valence-corrected chi connectivity index (χ2v) is 7.54. The Hall–Kier alpha value is -3.79. The molecule has 2 aromatic carbocycles. The van der Waals surface area contributed by atoms with E-state index in [0.29, 0.717) is 39.9 Å². The fourth-order valence-corrected chi connectivity index (χ4v) is 3.90. The number of imidazole rings is 1. The van der Waals surface area contributed by atoms with Crippen molar-refractivity contribution in [2.45, 2.75) is 12.2 Å². The van der Waals surface area contributed by atoms with E-state index in [9.17, 15) is 18.3 Å². The quantitative estimate of drug-likeness (QED) is 0.469. The van der Waals surface area contributed by atoms with Gasteiger partial charge in [-0.25, -0.2) is 9.97 Å². The number of alkyl halides is 3. The largest absolute Gasteiger partial charge is 0.495 e. The van der Waals surface area contributed by atoms with Crippen LogP contribution in [0.4, 0.5) is 24.7 Å². The van der Waals surface area contributed by atoms with Gasteiger partial charge in [-0.15, -0.1) is 0 Å². The van der Waals surface area contributed by atoms with Crippen molar-refractivity contribution in [2.24, 2.45) is 0 Å². The summed E-state index contributed by atoms with van der Waals surface area (Å²) in [5.74, 6) is 2.07. The Kier molecular flexibility index (Phi) is 5.09. The van der Waals surface area contributed by atoms with E-state index in [-0.39, 0.29) is 24.8 Å². The molecule has 0 amide bonds. The van der Waals surface area contributed by atoms with Gasteiger partial charge in [0.1, 0.15) is 24.0 Å². The first-order valence-electron chi connectivity index (χ1n) is 10.1. The van der Waals surface area contributed by atoms with Crippen LogP contribution in [0.15, 0.2) is 54.7 Å². The van der Waals surface area contributed by atoms with Crippen LogP contribution in [0.5, 0.6) is 11.5 Å². The Morgan fingerprint density at radius 1 is 1.21 bits per heavy atom. The summed E-state index contributed by atoms with van der Waals surface area (Å²) >= 11 is 0. The van der Waals surface area contributed by atoms with Crippen LogP contribution < -0.4 is 14.4 Å². The first-order chi connectivity index (χ1) is 15.9. The lowest BCUT2D eigenvalue weighted by Crippen LogP contribution is -2.43. The molecule has 1 unspecified atom stereocenters. The van der Waals surface area contributed by atoms with Gasteiger partial charge in [-0.2, -0.15) is 13.2 Å². The maximum absolute atomic E-state index is 13.1. The van der Waals surface area contributed by atoms with E-state index in [1.54, 1.807) is 37.6 Å². The maximum atomic E-state index is 13.1. The molecule has 2 aromatic heterocycles. The number of H-pyrrole nitrogens is 1. The molecule has 0 aliphatic carbocycles. The third kappa shape index (κ3) is 3.72. The van der Waals surface area contributed by atoms with Crippen molar-refractivity contribution in [3.05, 3.63) is 60.3 Å². The molecular weight excluding hydrogens is 437 g/mol. The summed E-state index contributed by atoms with van der Waals surface area (Å²) < 4.78 is 50.5. The average molecular weight is 456 g/mol. The minimum absolute atomic E-state index is 0.164. The predicted molar refractivity (Wildman–Crippen MR) is 116 cm³/mol.